The maximum absolute atomic E-state index is 12.3. The van der Waals surface area contributed by atoms with E-state index in [0.717, 1.165) is 22.2 Å². The number of H-pyrrole nitrogens is 1. The Bertz CT molecular complexity index is 952. The summed E-state index contributed by atoms with van der Waals surface area (Å²) in [7, 11) is 0. The maximum Gasteiger partial charge on any atom is 0.253 e. The first-order chi connectivity index (χ1) is 11.3. The van der Waals surface area contributed by atoms with Crippen molar-refractivity contribution in [3.63, 3.8) is 0 Å². The zero-order valence-corrected chi connectivity index (χ0v) is 12.4. The third-order valence-corrected chi connectivity index (χ3v) is 3.80. The molecule has 0 aliphatic carbocycles. The van der Waals surface area contributed by atoms with Gasteiger partial charge in [-0.1, -0.05) is 18.2 Å². The number of carbonyl (C=O) groups excluding carboxylic acids is 1. The highest BCUT2D eigenvalue weighted by atomic mass is 16.1. The van der Waals surface area contributed by atoms with Gasteiger partial charge in [0, 0.05) is 30.7 Å². The SMILES string of the molecule is O=C(NCCc1cn2ccccc2n1)c1cccc2cn[nH]c12. The highest BCUT2D eigenvalue weighted by Gasteiger charge is 2.11. The number of pyridine rings is 1. The average molecular weight is 305 g/mol. The molecule has 6 nitrogen and oxygen atoms in total. The number of benzene rings is 1. The molecule has 0 unspecified atom stereocenters. The number of aromatic nitrogens is 4. The van der Waals surface area contributed by atoms with Gasteiger partial charge in [-0.15, -0.1) is 0 Å². The molecular weight excluding hydrogens is 290 g/mol. The van der Waals surface area contributed by atoms with Crippen LogP contribution in [0.25, 0.3) is 16.6 Å². The Morgan fingerprint density at radius 3 is 3.09 bits per heavy atom. The number of para-hydroxylation sites is 1. The van der Waals surface area contributed by atoms with Gasteiger partial charge in [0.05, 0.1) is 23.0 Å². The van der Waals surface area contributed by atoms with Crippen molar-refractivity contribution in [2.24, 2.45) is 0 Å². The number of rotatable bonds is 4. The predicted octanol–water partition coefficient (Wildman–Crippen LogP) is 2.18. The van der Waals surface area contributed by atoms with Crippen LogP contribution in [0.15, 0.2) is 55.0 Å². The van der Waals surface area contributed by atoms with Gasteiger partial charge in [0.1, 0.15) is 5.65 Å². The number of nitrogens with one attached hydrogen (secondary N) is 2. The quantitative estimate of drug-likeness (QED) is 0.607. The molecule has 4 rings (SSSR count). The fourth-order valence-corrected chi connectivity index (χ4v) is 2.67. The molecule has 0 fully saturated rings. The van der Waals surface area contributed by atoms with Crippen molar-refractivity contribution in [3.05, 3.63) is 66.2 Å². The van der Waals surface area contributed by atoms with Crippen molar-refractivity contribution < 1.29 is 4.79 Å². The summed E-state index contributed by atoms with van der Waals surface area (Å²) in [5.74, 6) is -0.108. The van der Waals surface area contributed by atoms with E-state index in [1.807, 2.05) is 47.1 Å². The normalized spacial score (nSPS) is 11.1. The highest BCUT2D eigenvalue weighted by molar-refractivity contribution is 6.05. The number of hydrogen-bond acceptors (Lipinski definition) is 3. The zero-order valence-electron chi connectivity index (χ0n) is 12.4. The molecule has 0 aliphatic heterocycles. The lowest BCUT2D eigenvalue weighted by Crippen LogP contribution is -2.26. The topological polar surface area (TPSA) is 75.1 Å². The van der Waals surface area contributed by atoms with Gasteiger partial charge in [0.15, 0.2) is 0 Å². The second-order valence-corrected chi connectivity index (χ2v) is 5.34. The first-order valence-electron chi connectivity index (χ1n) is 7.44. The molecule has 3 aromatic heterocycles. The van der Waals surface area contributed by atoms with Crippen LogP contribution in [0, 0.1) is 0 Å². The number of fused-ring (bicyclic) bond motifs is 2. The Labute approximate surface area is 132 Å². The predicted molar refractivity (Wildman–Crippen MR) is 87.3 cm³/mol. The molecule has 3 heterocycles. The lowest BCUT2D eigenvalue weighted by Gasteiger charge is -2.05. The van der Waals surface area contributed by atoms with Crippen molar-refractivity contribution >= 4 is 22.5 Å². The van der Waals surface area contributed by atoms with E-state index in [-0.39, 0.29) is 5.91 Å². The second-order valence-electron chi connectivity index (χ2n) is 5.34. The van der Waals surface area contributed by atoms with Crippen molar-refractivity contribution in [1.82, 2.24) is 24.9 Å². The molecule has 23 heavy (non-hydrogen) atoms. The van der Waals surface area contributed by atoms with Gasteiger partial charge in [0.25, 0.3) is 5.91 Å². The number of imidazole rings is 1. The molecule has 2 N–H and O–H groups in total. The summed E-state index contributed by atoms with van der Waals surface area (Å²) in [5.41, 5.74) is 3.24. The Morgan fingerprint density at radius 1 is 1.22 bits per heavy atom. The molecule has 0 saturated carbocycles. The van der Waals surface area contributed by atoms with E-state index in [0.29, 0.717) is 18.5 Å². The van der Waals surface area contributed by atoms with Gasteiger partial charge >= 0.3 is 0 Å². The summed E-state index contributed by atoms with van der Waals surface area (Å²) in [6, 6.07) is 11.5. The first-order valence-corrected chi connectivity index (χ1v) is 7.44. The molecule has 4 aromatic rings. The average Bonchev–Trinajstić information content (AvgIpc) is 3.20. The van der Waals surface area contributed by atoms with E-state index < -0.39 is 0 Å². The molecule has 0 atom stereocenters. The van der Waals surface area contributed by atoms with E-state index in [1.165, 1.54) is 0 Å². The Kier molecular flexibility index (Phi) is 3.27. The summed E-state index contributed by atoms with van der Waals surface area (Å²) >= 11 is 0. The minimum Gasteiger partial charge on any atom is -0.352 e. The van der Waals surface area contributed by atoms with Crippen LogP contribution in [-0.2, 0) is 6.42 Å². The molecular formula is C17H15N5O. The van der Waals surface area contributed by atoms with Gasteiger partial charge in [0.2, 0.25) is 0 Å². The standard InChI is InChI=1S/C17H15N5O/c23-17(14-5-3-4-12-10-19-21-16(12)14)18-8-7-13-11-22-9-2-1-6-15(22)20-13/h1-6,9-11H,7-8H2,(H,18,23)(H,19,21). The fraction of sp³-hybridized carbons (Fsp3) is 0.118. The van der Waals surface area contributed by atoms with Crippen LogP contribution >= 0.6 is 0 Å². The van der Waals surface area contributed by atoms with E-state index in [4.69, 9.17) is 0 Å². The Balaban J connectivity index is 1.44. The van der Waals surface area contributed by atoms with Crippen LogP contribution in [0.2, 0.25) is 0 Å². The van der Waals surface area contributed by atoms with Gasteiger partial charge in [-0.25, -0.2) is 4.98 Å². The van der Waals surface area contributed by atoms with Gasteiger partial charge < -0.3 is 9.72 Å². The number of aromatic amines is 1. The zero-order chi connectivity index (χ0) is 15.6. The lowest BCUT2D eigenvalue weighted by molar-refractivity contribution is 0.0955. The maximum atomic E-state index is 12.3. The molecule has 1 aromatic carbocycles. The fourth-order valence-electron chi connectivity index (χ4n) is 2.67. The minimum absolute atomic E-state index is 0.108. The van der Waals surface area contributed by atoms with Crippen LogP contribution in [-0.4, -0.2) is 32.0 Å². The molecule has 0 aliphatic rings. The van der Waals surface area contributed by atoms with E-state index in [2.05, 4.69) is 20.5 Å². The van der Waals surface area contributed by atoms with Gasteiger partial charge in [-0.3, -0.25) is 9.89 Å². The Hall–Kier alpha value is -3.15. The molecule has 0 bridgehead atoms. The van der Waals surface area contributed by atoms with E-state index >= 15 is 0 Å². The number of hydrogen-bond donors (Lipinski definition) is 2. The van der Waals surface area contributed by atoms with Gasteiger partial charge in [-0.2, -0.15) is 5.10 Å². The molecule has 0 spiro atoms. The van der Waals surface area contributed by atoms with Gasteiger partial charge in [-0.05, 0) is 18.2 Å². The summed E-state index contributed by atoms with van der Waals surface area (Å²) in [4.78, 5) is 16.9. The van der Waals surface area contributed by atoms with Crippen LogP contribution in [0.5, 0.6) is 0 Å². The lowest BCUT2D eigenvalue weighted by atomic mass is 10.1. The molecule has 6 heteroatoms. The van der Waals surface area contributed by atoms with Crippen LogP contribution in [0.1, 0.15) is 16.1 Å². The summed E-state index contributed by atoms with van der Waals surface area (Å²) in [5, 5.41) is 10.7. The highest BCUT2D eigenvalue weighted by Crippen LogP contribution is 2.15. The van der Waals surface area contributed by atoms with E-state index in [9.17, 15) is 4.79 Å². The van der Waals surface area contributed by atoms with Crippen LogP contribution in [0.4, 0.5) is 0 Å². The third-order valence-electron chi connectivity index (χ3n) is 3.80. The third kappa shape index (κ3) is 2.55. The van der Waals surface area contributed by atoms with Crippen molar-refractivity contribution in [1.29, 1.82) is 0 Å². The molecule has 0 radical (unpaired) electrons. The Morgan fingerprint density at radius 2 is 2.17 bits per heavy atom. The molecule has 1 amide bonds. The smallest absolute Gasteiger partial charge is 0.253 e. The number of nitrogens with zero attached hydrogens (tertiary/aromatic N) is 3. The van der Waals surface area contributed by atoms with Crippen molar-refractivity contribution in [2.75, 3.05) is 6.54 Å². The molecule has 0 saturated heterocycles. The summed E-state index contributed by atoms with van der Waals surface area (Å²) in [6.07, 6.45) is 6.34. The monoisotopic (exact) mass is 305 g/mol. The summed E-state index contributed by atoms with van der Waals surface area (Å²) < 4.78 is 1.97. The van der Waals surface area contributed by atoms with Crippen molar-refractivity contribution in [3.8, 4) is 0 Å². The largest absolute Gasteiger partial charge is 0.352 e. The van der Waals surface area contributed by atoms with Crippen LogP contribution < -0.4 is 5.32 Å². The minimum atomic E-state index is -0.108. The van der Waals surface area contributed by atoms with Crippen molar-refractivity contribution in [2.45, 2.75) is 6.42 Å². The summed E-state index contributed by atoms with van der Waals surface area (Å²) in [6.45, 7) is 0.535. The number of amides is 1. The number of carbonyl (C=O) groups is 1. The first kappa shape index (κ1) is 13.5. The molecule has 114 valence electrons. The van der Waals surface area contributed by atoms with E-state index in [1.54, 1.807) is 12.3 Å². The van der Waals surface area contributed by atoms with Crippen LogP contribution in [0.3, 0.4) is 0 Å². The second kappa shape index (κ2) is 5.57.